The molecule has 0 saturated carbocycles. The van der Waals surface area contributed by atoms with Gasteiger partial charge in [0.2, 0.25) is 17.7 Å². The summed E-state index contributed by atoms with van der Waals surface area (Å²) in [6, 6.07) is 7.16. The Bertz CT molecular complexity index is 827. The lowest BCUT2D eigenvalue weighted by molar-refractivity contribution is -0.143. The lowest BCUT2D eigenvalue weighted by atomic mass is 9.75. The number of ether oxygens (including phenoxy) is 2. The van der Waals surface area contributed by atoms with E-state index in [0.29, 0.717) is 37.5 Å². The van der Waals surface area contributed by atoms with E-state index in [1.54, 1.807) is 37.3 Å². The molecule has 2 aliphatic rings. The summed E-state index contributed by atoms with van der Waals surface area (Å²) in [5.74, 6) is -0.0777. The number of nitrogens with zero attached hydrogens (tertiary/aromatic N) is 3. The first-order valence-corrected chi connectivity index (χ1v) is 10.8. The second-order valence-corrected chi connectivity index (χ2v) is 8.66. The van der Waals surface area contributed by atoms with Gasteiger partial charge in [0.05, 0.1) is 18.6 Å². The van der Waals surface area contributed by atoms with Crippen LogP contribution in [-0.2, 0) is 24.5 Å². The maximum absolute atomic E-state index is 13.6. The maximum atomic E-state index is 13.6. The second-order valence-electron chi connectivity index (χ2n) is 8.66. The average Bonchev–Trinajstić information content (AvgIpc) is 3.02. The van der Waals surface area contributed by atoms with Crippen molar-refractivity contribution in [2.45, 2.75) is 37.2 Å². The topological polar surface area (TPSA) is 79.4 Å². The first kappa shape index (κ1) is 23.2. The number of likely N-dealkylation sites (N-methyl/N-ethyl adjacent to an activating group) is 1. The molecule has 0 N–H and O–H groups in total. The Morgan fingerprint density at radius 2 is 2.03 bits per heavy atom. The number of imide groups is 1. The van der Waals surface area contributed by atoms with Gasteiger partial charge < -0.3 is 19.3 Å². The van der Waals surface area contributed by atoms with Crippen LogP contribution in [0.3, 0.4) is 0 Å². The predicted molar refractivity (Wildman–Crippen MR) is 116 cm³/mol. The van der Waals surface area contributed by atoms with E-state index in [0.717, 1.165) is 12.8 Å². The van der Waals surface area contributed by atoms with Crippen molar-refractivity contribution in [3.05, 3.63) is 29.8 Å². The summed E-state index contributed by atoms with van der Waals surface area (Å²) in [5.41, 5.74) is -0.569. The predicted octanol–water partition coefficient (Wildman–Crippen LogP) is 1.28. The molecule has 2 atom stereocenters. The summed E-state index contributed by atoms with van der Waals surface area (Å²) in [5, 5.41) is 0. The number of piperidine rings is 1. The van der Waals surface area contributed by atoms with E-state index in [2.05, 4.69) is 0 Å². The summed E-state index contributed by atoms with van der Waals surface area (Å²) in [7, 11) is 7.00. The monoisotopic (exact) mass is 431 g/mol. The van der Waals surface area contributed by atoms with Crippen LogP contribution in [0.4, 0.5) is 0 Å². The number of benzene rings is 1. The number of methoxy groups -OCH3 is 2. The third kappa shape index (κ3) is 4.91. The van der Waals surface area contributed by atoms with Gasteiger partial charge in [-0.2, -0.15) is 0 Å². The molecular weight excluding hydrogens is 398 g/mol. The molecule has 2 heterocycles. The van der Waals surface area contributed by atoms with E-state index in [4.69, 9.17) is 9.47 Å². The van der Waals surface area contributed by atoms with Crippen molar-refractivity contribution in [1.82, 2.24) is 14.7 Å². The number of hydrogen-bond acceptors (Lipinski definition) is 6. The summed E-state index contributed by atoms with van der Waals surface area (Å²) < 4.78 is 10.8. The van der Waals surface area contributed by atoms with Crippen molar-refractivity contribution in [2.75, 3.05) is 54.5 Å². The van der Waals surface area contributed by atoms with Crippen LogP contribution in [0.15, 0.2) is 24.3 Å². The number of hydrogen-bond donors (Lipinski definition) is 0. The maximum Gasteiger partial charge on any atom is 0.240 e. The van der Waals surface area contributed by atoms with Crippen LogP contribution in [0.25, 0.3) is 0 Å². The molecule has 31 heavy (non-hydrogen) atoms. The molecule has 8 heteroatoms. The molecule has 0 aromatic heterocycles. The van der Waals surface area contributed by atoms with Gasteiger partial charge in [0.25, 0.3) is 0 Å². The van der Waals surface area contributed by atoms with E-state index >= 15 is 0 Å². The van der Waals surface area contributed by atoms with Gasteiger partial charge in [0.1, 0.15) is 5.75 Å². The first-order chi connectivity index (χ1) is 14.8. The fourth-order valence-corrected chi connectivity index (χ4v) is 4.44. The Morgan fingerprint density at radius 1 is 1.26 bits per heavy atom. The molecule has 170 valence electrons. The Hall–Kier alpha value is -2.45. The van der Waals surface area contributed by atoms with Crippen molar-refractivity contribution < 1.29 is 23.9 Å². The van der Waals surface area contributed by atoms with Gasteiger partial charge in [-0.1, -0.05) is 12.1 Å². The van der Waals surface area contributed by atoms with E-state index in [9.17, 15) is 14.4 Å². The number of carbonyl (C=O) groups is 3. The molecule has 8 nitrogen and oxygen atoms in total. The lowest BCUT2D eigenvalue weighted by Gasteiger charge is -2.35. The highest BCUT2D eigenvalue weighted by atomic mass is 16.5. The van der Waals surface area contributed by atoms with Crippen LogP contribution >= 0.6 is 0 Å². The van der Waals surface area contributed by atoms with Crippen LogP contribution in [0, 0.1) is 0 Å². The average molecular weight is 432 g/mol. The standard InChI is InChI=1S/C23H33N3O5/c1-24(2)11-12-26-21(28)15-23(22(26)29,17-7-5-8-18(13-17)30-3)14-20(27)25-10-6-9-19(16-25)31-4/h5,7-8,13,19H,6,9-12,14-16H2,1-4H3/t19-,23-/m1/s1. The van der Waals surface area contributed by atoms with Crippen LogP contribution in [0.5, 0.6) is 5.75 Å². The fourth-order valence-electron chi connectivity index (χ4n) is 4.44. The second kappa shape index (κ2) is 9.78. The number of rotatable bonds is 8. The summed E-state index contributed by atoms with van der Waals surface area (Å²) in [6.07, 6.45) is 1.72. The zero-order chi connectivity index (χ0) is 22.6. The molecule has 2 fully saturated rings. The molecule has 2 saturated heterocycles. The Balaban J connectivity index is 1.93. The van der Waals surface area contributed by atoms with Gasteiger partial charge in [0, 0.05) is 46.1 Å². The SMILES string of the molecule is COc1cccc([C@@]2(CC(=O)N3CCC[C@@H](OC)C3)CC(=O)N(CCN(C)C)C2=O)c1. The number of amides is 3. The van der Waals surface area contributed by atoms with Gasteiger partial charge in [-0.05, 0) is 44.6 Å². The molecular formula is C23H33N3O5. The fraction of sp³-hybridized carbons (Fsp3) is 0.609. The lowest BCUT2D eigenvalue weighted by Crippen LogP contribution is -2.48. The third-order valence-corrected chi connectivity index (χ3v) is 6.32. The molecule has 0 unspecified atom stereocenters. The zero-order valence-corrected chi connectivity index (χ0v) is 18.9. The highest BCUT2D eigenvalue weighted by Crippen LogP contribution is 2.41. The molecule has 0 aliphatic carbocycles. The smallest absolute Gasteiger partial charge is 0.240 e. The highest BCUT2D eigenvalue weighted by molar-refractivity contribution is 6.10. The summed E-state index contributed by atoms with van der Waals surface area (Å²) in [4.78, 5) is 44.9. The van der Waals surface area contributed by atoms with E-state index in [-0.39, 0.29) is 36.7 Å². The minimum Gasteiger partial charge on any atom is -0.497 e. The minimum absolute atomic E-state index is 0.00275. The number of likely N-dealkylation sites (tertiary alicyclic amines) is 2. The Labute approximate surface area is 184 Å². The van der Waals surface area contributed by atoms with Gasteiger partial charge in [0.15, 0.2) is 0 Å². The normalized spacial score (nSPS) is 24.2. The van der Waals surface area contributed by atoms with Crippen LogP contribution in [0.2, 0.25) is 0 Å². The summed E-state index contributed by atoms with van der Waals surface area (Å²) in [6.45, 7) is 2.02. The molecule has 2 aliphatic heterocycles. The molecule has 0 spiro atoms. The summed E-state index contributed by atoms with van der Waals surface area (Å²) >= 11 is 0. The molecule has 1 aromatic carbocycles. The van der Waals surface area contributed by atoms with E-state index in [1.807, 2.05) is 25.1 Å². The molecule has 3 rings (SSSR count). The molecule has 1 aromatic rings. The van der Waals surface area contributed by atoms with Crippen molar-refractivity contribution in [3.8, 4) is 5.75 Å². The van der Waals surface area contributed by atoms with Crippen LogP contribution in [0.1, 0.15) is 31.2 Å². The van der Waals surface area contributed by atoms with Gasteiger partial charge >= 0.3 is 0 Å². The molecule has 0 radical (unpaired) electrons. The van der Waals surface area contributed by atoms with Gasteiger partial charge in [-0.3, -0.25) is 19.3 Å². The van der Waals surface area contributed by atoms with Gasteiger partial charge in [-0.25, -0.2) is 0 Å². The third-order valence-electron chi connectivity index (χ3n) is 6.32. The Morgan fingerprint density at radius 3 is 2.71 bits per heavy atom. The van der Waals surface area contributed by atoms with Crippen molar-refractivity contribution >= 4 is 17.7 Å². The first-order valence-electron chi connectivity index (χ1n) is 10.8. The highest BCUT2D eigenvalue weighted by Gasteiger charge is 2.54. The number of carbonyl (C=O) groups excluding carboxylic acids is 3. The van der Waals surface area contributed by atoms with Crippen molar-refractivity contribution in [3.63, 3.8) is 0 Å². The quantitative estimate of drug-likeness (QED) is 0.577. The van der Waals surface area contributed by atoms with Crippen LogP contribution in [-0.4, -0.2) is 93.0 Å². The van der Waals surface area contributed by atoms with Gasteiger partial charge in [-0.15, -0.1) is 0 Å². The largest absolute Gasteiger partial charge is 0.497 e. The molecule has 3 amide bonds. The van der Waals surface area contributed by atoms with E-state index in [1.165, 1.54) is 4.90 Å². The Kier molecular flexibility index (Phi) is 7.33. The zero-order valence-electron chi connectivity index (χ0n) is 18.9. The van der Waals surface area contributed by atoms with Crippen LogP contribution < -0.4 is 4.74 Å². The minimum atomic E-state index is -1.21. The van der Waals surface area contributed by atoms with E-state index < -0.39 is 5.41 Å². The van der Waals surface area contributed by atoms with Crippen molar-refractivity contribution in [1.29, 1.82) is 0 Å². The molecule has 0 bridgehead atoms. The van der Waals surface area contributed by atoms with Crippen molar-refractivity contribution in [2.24, 2.45) is 0 Å².